The number of aromatic carboxylic acids is 1. The first kappa shape index (κ1) is 27.4. The first-order valence-corrected chi connectivity index (χ1v) is 13.2. The summed E-state index contributed by atoms with van der Waals surface area (Å²) in [6.45, 7) is 0.789. The Bertz CT molecular complexity index is 1600. The van der Waals surface area contributed by atoms with Crippen LogP contribution < -0.4 is 10.1 Å². The third kappa shape index (κ3) is 5.71. The first-order chi connectivity index (χ1) is 19.2. The van der Waals surface area contributed by atoms with E-state index in [2.05, 4.69) is 5.32 Å². The number of fused-ring (bicyclic) bond motifs is 1. The number of aryl methyl sites for hydroxylation is 1. The fourth-order valence-corrected chi connectivity index (χ4v) is 5.27. The number of benzene rings is 3. The van der Waals surface area contributed by atoms with Crippen molar-refractivity contribution >= 4 is 45.9 Å². The highest BCUT2D eigenvalue weighted by Crippen LogP contribution is 2.29. The number of nitrogens with one attached hydrogen (secondary N) is 1. The molecule has 3 aromatic carbocycles. The highest BCUT2D eigenvalue weighted by Gasteiger charge is 2.31. The molecule has 0 bridgehead atoms. The number of likely N-dealkylation sites (tertiary alicyclic amines) is 1. The normalized spacial score (nSPS) is 15.3. The van der Waals surface area contributed by atoms with Crippen LogP contribution in [0.4, 0.5) is 10.1 Å². The van der Waals surface area contributed by atoms with E-state index in [1.165, 1.54) is 18.2 Å². The zero-order valence-corrected chi connectivity index (χ0v) is 22.5. The fraction of sp³-hybridized carbons (Fsp3) is 0.233. The zero-order chi connectivity index (χ0) is 28.4. The Morgan fingerprint density at radius 2 is 1.88 bits per heavy atom. The molecule has 1 amide bonds. The maximum Gasteiger partial charge on any atom is 0.335 e. The van der Waals surface area contributed by atoms with Crippen molar-refractivity contribution in [3.8, 4) is 5.75 Å². The van der Waals surface area contributed by atoms with Crippen LogP contribution in [0.3, 0.4) is 0 Å². The highest BCUT2D eigenvalue weighted by molar-refractivity contribution is 6.34. The van der Waals surface area contributed by atoms with E-state index in [0.29, 0.717) is 24.3 Å². The molecule has 0 spiro atoms. The Balaban J connectivity index is 1.23. The molecule has 2 heterocycles. The number of para-hydroxylation sites is 1. The monoisotopic (exact) mass is 563 g/mol. The van der Waals surface area contributed by atoms with Crippen molar-refractivity contribution in [1.82, 2.24) is 9.47 Å². The quantitative estimate of drug-likeness (QED) is 0.277. The molecule has 8 nitrogen and oxygen atoms in total. The lowest BCUT2D eigenvalue weighted by Gasteiger charge is -2.23. The smallest absolute Gasteiger partial charge is 0.335 e. The van der Waals surface area contributed by atoms with Crippen LogP contribution in [0.5, 0.6) is 5.75 Å². The number of aromatic nitrogens is 1. The first-order valence-electron chi connectivity index (χ1n) is 12.8. The third-order valence-electron chi connectivity index (χ3n) is 7.12. The van der Waals surface area contributed by atoms with Crippen LogP contribution in [0.2, 0.25) is 5.02 Å². The van der Waals surface area contributed by atoms with Gasteiger partial charge in [-0.2, -0.15) is 0 Å². The second-order valence-corrected chi connectivity index (χ2v) is 10.2. The summed E-state index contributed by atoms with van der Waals surface area (Å²) >= 11 is 6.41. The minimum absolute atomic E-state index is 0.123. The third-order valence-corrected chi connectivity index (χ3v) is 7.44. The number of ether oxygens (including phenoxy) is 1. The van der Waals surface area contributed by atoms with Crippen LogP contribution in [0.25, 0.3) is 10.9 Å². The van der Waals surface area contributed by atoms with Gasteiger partial charge in [-0.05, 0) is 60.9 Å². The highest BCUT2D eigenvalue weighted by atomic mass is 35.5. The van der Waals surface area contributed by atoms with Crippen LogP contribution in [0, 0.1) is 5.82 Å². The molecule has 0 radical (unpaired) electrons. The lowest BCUT2D eigenvalue weighted by molar-refractivity contribution is -0.123. The number of carbonyl (C=O) groups excluding carboxylic acids is 2. The Kier molecular flexibility index (Phi) is 7.86. The van der Waals surface area contributed by atoms with Gasteiger partial charge in [0.2, 0.25) is 0 Å². The number of amides is 1. The van der Waals surface area contributed by atoms with Crippen molar-refractivity contribution in [3.05, 3.63) is 94.4 Å². The number of hydrogen-bond donors (Lipinski definition) is 2. The summed E-state index contributed by atoms with van der Waals surface area (Å²) in [6.07, 6.45) is 2.96. The number of ketones is 1. The van der Waals surface area contributed by atoms with Gasteiger partial charge in [0, 0.05) is 37.1 Å². The van der Waals surface area contributed by atoms with Gasteiger partial charge in [0.05, 0.1) is 27.9 Å². The van der Waals surface area contributed by atoms with E-state index in [9.17, 15) is 14.4 Å². The second-order valence-electron chi connectivity index (χ2n) is 9.76. The van der Waals surface area contributed by atoms with Crippen LogP contribution in [0.1, 0.15) is 39.1 Å². The number of hydrogen-bond acceptors (Lipinski definition) is 5. The van der Waals surface area contributed by atoms with Crippen molar-refractivity contribution in [2.75, 3.05) is 18.6 Å². The molecular weight excluding hydrogens is 537 g/mol. The van der Waals surface area contributed by atoms with Crippen LogP contribution in [0.15, 0.2) is 66.9 Å². The molecule has 2 N–H and O–H groups in total. The van der Waals surface area contributed by atoms with Gasteiger partial charge < -0.3 is 19.7 Å². The maximum absolute atomic E-state index is 15.1. The van der Waals surface area contributed by atoms with E-state index in [1.807, 2.05) is 40.8 Å². The van der Waals surface area contributed by atoms with Crippen molar-refractivity contribution in [2.24, 2.45) is 7.05 Å². The van der Waals surface area contributed by atoms with Gasteiger partial charge in [-0.25, -0.2) is 9.18 Å². The van der Waals surface area contributed by atoms with Gasteiger partial charge in [0.1, 0.15) is 18.3 Å². The second kappa shape index (κ2) is 11.5. The molecule has 0 aliphatic carbocycles. The standard InChI is InChI=1S/C30H27ClFN3O5/c1-34-16-22(21-5-2-3-6-26(21)34)29(37)33-25-15-24(32)19(13-23(25)31)14-28(36)27-7-4-12-35(27)17-40-20-10-8-18(9-11-20)30(38)39/h2-3,5-6,8-11,13,15-16,27H,4,7,12,14,17H2,1H3,(H,33,37)(H,38,39)/t27-/m1/s1. The lowest BCUT2D eigenvalue weighted by atomic mass is 10.0. The van der Waals surface area contributed by atoms with Gasteiger partial charge >= 0.3 is 5.97 Å². The number of carboxylic acid groups (broad SMARTS) is 1. The van der Waals surface area contributed by atoms with Gasteiger partial charge in [-0.1, -0.05) is 29.8 Å². The number of rotatable bonds is 9. The number of carbonyl (C=O) groups is 3. The lowest BCUT2D eigenvalue weighted by Crippen LogP contribution is -2.39. The minimum atomic E-state index is -1.02. The van der Waals surface area contributed by atoms with E-state index >= 15 is 4.39 Å². The van der Waals surface area contributed by atoms with Crippen molar-refractivity contribution in [3.63, 3.8) is 0 Å². The van der Waals surface area contributed by atoms with E-state index in [4.69, 9.17) is 21.4 Å². The Morgan fingerprint density at radius 3 is 2.62 bits per heavy atom. The van der Waals surface area contributed by atoms with Crippen molar-refractivity contribution in [2.45, 2.75) is 25.3 Å². The summed E-state index contributed by atoms with van der Waals surface area (Å²) in [5.41, 5.74) is 1.76. The van der Waals surface area contributed by atoms with Gasteiger partial charge in [-0.3, -0.25) is 14.5 Å². The molecule has 1 aliphatic heterocycles. The number of nitrogens with zero attached hydrogens (tertiary/aromatic N) is 2. The summed E-state index contributed by atoms with van der Waals surface area (Å²) < 4.78 is 22.7. The van der Waals surface area contributed by atoms with Crippen LogP contribution >= 0.6 is 11.6 Å². The molecule has 1 aliphatic rings. The topological polar surface area (TPSA) is 101 Å². The van der Waals surface area contributed by atoms with E-state index in [1.54, 1.807) is 18.3 Å². The molecule has 0 saturated carbocycles. The molecule has 10 heteroatoms. The predicted octanol–water partition coefficient (Wildman–Crippen LogP) is 5.53. The molecular formula is C30H27ClFN3O5. The number of halogens is 2. The molecule has 5 rings (SSSR count). The van der Waals surface area contributed by atoms with Crippen LogP contribution in [-0.2, 0) is 18.3 Å². The number of Topliss-reactive ketones (excluding diaryl/α,β-unsaturated/α-hetero) is 1. The Hall–Kier alpha value is -4.21. The van der Waals surface area contributed by atoms with E-state index in [0.717, 1.165) is 23.4 Å². The predicted molar refractivity (Wildman–Crippen MR) is 150 cm³/mol. The minimum Gasteiger partial charge on any atom is -0.478 e. The van der Waals surface area contributed by atoms with Crippen molar-refractivity contribution in [1.29, 1.82) is 0 Å². The molecule has 4 aromatic rings. The average molecular weight is 564 g/mol. The van der Waals surface area contributed by atoms with Gasteiger partial charge in [0.15, 0.2) is 5.78 Å². The van der Waals surface area contributed by atoms with Gasteiger partial charge in [-0.15, -0.1) is 0 Å². The molecule has 1 saturated heterocycles. The molecule has 206 valence electrons. The Labute approximate surface area is 234 Å². The van der Waals surface area contributed by atoms with Gasteiger partial charge in [0.25, 0.3) is 5.91 Å². The fourth-order valence-electron chi connectivity index (χ4n) is 5.03. The number of anilines is 1. The Morgan fingerprint density at radius 1 is 1.12 bits per heavy atom. The van der Waals surface area contributed by atoms with E-state index < -0.39 is 23.7 Å². The molecule has 0 unspecified atom stereocenters. The summed E-state index contributed by atoms with van der Waals surface area (Å²) in [6, 6.07) is 15.6. The summed E-state index contributed by atoms with van der Waals surface area (Å²) in [5.74, 6) is -1.75. The SMILES string of the molecule is Cn1cc(C(=O)Nc2cc(F)c(CC(=O)[C@H]3CCCN3COc3ccc(C(=O)O)cc3)cc2Cl)c2ccccc21. The zero-order valence-electron chi connectivity index (χ0n) is 21.7. The summed E-state index contributed by atoms with van der Waals surface area (Å²) in [5, 5.41) is 12.6. The number of carboxylic acids is 1. The summed E-state index contributed by atoms with van der Waals surface area (Å²) in [4.78, 5) is 39.0. The van der Waals surface area contributed by atoms with Crippen molar-refractivity contribution < 1.29 is 28.6 Å². The largest absolute Gasteiger partial charge is 0.478 e. The molecule has 1 fully saturated rings. The average Bonchev–Trinajstić information content (AvgIpc) is 3.55. The van der Waals surface area contributed by atoms with Crippen LogP contribution in [-0.4, -0.2) is 51.6 Å². The molecule has 1 atom stereocenters. The van der Waals surface area contributed by atoms with E-state index in [-0.39, 0.29) is 40.8 Å². The summed E-state index contributed by atoms with van der Waals surface area (Å²) in [7, 11) is 1.84. The molecule has 40 heavy (non-hydrogen) atoms. The molecule has 1 aromatic heterocycles. The maximum atomic E-state index is 15.1.